The molecule has 3 rings (SSSR count). The number of hydrogen-bond acceptors (Lipinski definition) is 4. The fraction of sp³-hybridized carbons (Fsp3) is 0.409. The first-order chi connectivity index (χ1) is 13.4. The number of amides is 1. The Bertz CT molecular complexity index is 790. The van der Waals surface area contributed by atoms with Gasteiger partial charge in [-0.05, 0) is 43.0 Å². The van der Waals surface area contributed by atoms with Gasteiger partial charge in [-0.15, -0.1) is 0 Å². The smallest absolute Gasteiger partial charge is 0.234 e. The zero-order valence-corrected chi connectivity index (χ0v) is 16.9. The number of piperidine rings is 1. The third-order valence-electron chi connectivity index (χ3n) is 5.07. The molecule has 2 aromatic carbocycles. The van der Waals surface area contributed by atoms with Crippen LogP contribution in [0.15, 0.2) is 48.5 Å². The van der Waals surface area contributed by atoms with Crippen molar-refractivity contribution in [2.75, 3.05) is 26.2 Å². The van der Waals surface area contributed by atoms with Crippen molar-refractivity contribution in [2.45, 2.75) is 31.9 Å². The maximum absolute atomic E-state index is 12.2. The maximum Gasteiger partial charge on any atom is 0.234 e. The lowest BCUT2D eigenvalue weighted by Gasteiger charge is -2.37. The Morgan fingerprint density at radius 3 is 2.64 bits per heavy atom. The van der Waals surface area contributed by atoms with E-state index in [0.29, 0.717) is 49.8 Å². The van der Waals surface area contributed by atoms with Gasteiger partial charge in [0.05, 0.1) is 11.6 Å². The zero-order chi connectivity index (χ0) is 20.0. The highest BCUT2D eigenvalue weighted by Gasteiger charge is 2.33. The summed E-state index contributed by atoms with van der Waals surface area (Å²) in [5.74, 6) is 0.592. The summed E-state index contributed by atoms with van der Waals surface area (Å²) in [7, 11) is 0. The van der Waals surface area contributed by atoms with Gasteiger partial charge in [0.1, 0.15) is 18.0 Å². The molecule has 150 valence electrons. The molecule has 6 heteroatoms. The van der Waals surface area contributed by atoms with E-state index in [4.69, 9.17) is 16.3 Å². The lowest BCUT2D eigenvalue weighted by molar-refractivity contribution is -0.124. The SMILES string of the molecule is Cc1ccc(Cl)c(OCC2(O)CCN(CC(=O)NCc3ccccc3)CC2)c1. The van der Waals surface area contributed by atoms with Crippen LogP contribution in [0.3, 0.4) is 0 Å². The molecule has 1 heterocycles. The largest absolute Gasteiger partial charge is 0.489 e. The van der Waals surface area contributed by atoms with Crippen LogP contribution >= 0.6 is 11.6 Å². The molecule has 0 aliphatic carbocycles. The Labute approximate surface area is 171 Å². The van der Waals surface area contributed by atoms with E-state index in [-0.39, 0.29) is 12.5 Å². The highest BCUT2D eigenvalue weighted by Crippen LogP contribution is 2.28. The van der Waals surface area contributed by atoms with E-state index >= 15 is 0 Å². The molecule has 2 aromatic rings. The van der Waals surface area contributed by atoms with Crippen molar-refractivity contribution in [3.8, 4) is 5.75 Å². The molecular weight excluding hydrogens is 376 g/mol. The lowest BCUT2D eigenvalue weighted by atomic mass is 9.92. The molecular formula is C22H27ClN2O3. The van der Waals surface area contributed by atoms with Crippen LogP contribution in [0.4, 0.5) is 0 Å². The minimum atomic E-state index is -0.899. The molecule has 0 atom stereocenters. The average Bonchev–Trinajstić information content (AvgIpc) is 2.70. The van der Waals surface area contributed by atoms with E-state index in [1.54, 1.807) is 6.07 Å². The van der Waals surface area contributed by atoms with Gasteiger partial charge in [0.25, 0.3) is 0 Å². The van der Waals surface area contributed by atoms with Crippen LogP contribution in [0.25, 0.3) is 0 Å². The predicted molar refractivity (Wildman–Crippen MR) is 111 cm³/mol. The fourth-order valence-corrected chi connectivity index (χ4v) is 3.43. The summed E-state index contributed by atoms with van der Waals surface area (Å²) in [5.41, 5.74) is 1.24. The Morgan fingerprint density at radius 2 is 1.93 bits per heavy atom. The highest BCUT2D eigenvalue weighted by atomic mass is 35.5. The number of carbonyl (C=O) groups is 1. The summed E-state index contributed by atoms with van der Waals surface area (Å²) in [6, 6.07) is 15.4. The monoisotopic (exact) mass is 402 g/mol. The molecule has 0 saturated carbocycles. The van der Waals surface area contributed by atoms with Crippen molar-refractivity contribution in [2.24, 2.45) is 0 Å². The van der Waals surface area contributed by atoms with Crippen LogP contribution in [-0.4, -0.2) is 47.8 Å². The number of rotatable bonds is 7. The number of aliphatic hydroxyl groups is 1. The van der Waals surface area contributed by atoms with Gasteiger partial charge in [-0.25, -0.2) is 0 Å². The van der Waals surface area contributed by atoms with E-state index in [1.165, 1.54) is 0 Å². The number of carbonyl (C=O) groups excluding carboxylic acids is 1. The standard InChI is InChI=1S/C22H27ClN2O3/c1-17-7-8-19(23)20(13-17)28-16-22(27)9-11-25(12-10-22)15-21(26)24-14-18-5-3-2-4-6-18/h2-8,13,27H,9-12,14-16H2,1H3,(H,24,26). The molecule has 28 heavy (non-hydrogen) atoms. The lowest BCUT2D eigenvalue weighted by Crippen LogP contribution is -2.50. The summed E-state index contributed by atoms with van der Waals surface area (Å²) >= 11 is 6.15. The second-order valence-electron chi connectivity index (χ2n) is 7.49. The average molecular weight is 403 g/mol. The zero-order valence-electron chi connectivity index (χ0n) is 16.2. The molecule has 0 spiro atoms. The maximum atomic E-state index is 12.2. The first kappa shape index (κ1) is 20.6. The number of benzene rings is 2. The van der Waals surface area contributed by atoms with Crippen molar-refractivity contribution in [3.63, 3.8) is 0 Å². The number of halogens is 1. The molecule has 1 aliphatic rings. The van der Waals surface area contributed by atoms with Gasteiger partial charge < -0.3 is 15.2 Å². The van der Waals surface area contributed by atoms with E-state index in [2.05, 4.69) is 10.2 Å². The highest BCUT2D eigenvalue weighted by molar-refractivity contribution is 6.32. The number of nitrogens with one attached hydrogen (secondary N) is 1. The molecule has 0 aromatic heterocycles. The van der Waals surface area contributed by atoms with Gasteiger partial charge in [-0.1, -0.05) is 48.0 Å². The molecule has 0 radical (unpaired) electrons. The van der Waals surface area contributed by atoms with Crippen LogP contribution < -0.4 is 10.1 Å². The van der Waals surface area contributed by atoms with Crippen LogP contribution in [0.1, 0.15) is 24.0 Å². The summed E-state index contributed by atoms with van der Waals surface area (Å²) in [4.78, 5) is 14.2. The van der Waals surface area contributed by atoms with Gasteiger partial charge >= 0.3 is 0 Å². The topological polar surface area (TPSA) is 61.8 Å². The molecule has 1 fully saturated rings. The molecule has 5 nitrogen and oxygen atoms in total. The van der Waals surface area contributed by atoms with Gasteiger partial charge in [0.2, 0.25) is 5.91 Å². The minimum Gasteiger partial charge on any atom is -0.489 e. The minimum absolute atomic E-state index is 0.00270. The van der Waals surface area contributed by atoms with Crippen LogP contribution in [0, 0.1) is 6.92 Å². The first-order valence-corrected chi connectivity index (χ1v) is 9.96. The second kappa shape index (κ2) is 9.41. The van der Waals surface area contributed by atoms with Crippen molar-refractivity contribution in [1.29, 1.82) is 0 Å². The van der Waals surface area contributed by atoms with Gasteiger partial charge in [0.15, 0.2) is 0 Å². The van der Waals surface area contributed by atoms with E-state index in [9.17, 15) is 9.90 Å². The molecule has 1 aliphatic heterocycles. The van der Waals surface area contributed by atoms with E-state index in [0.717, 1.165) is 11.1 Å². The predicted octanol–water partition coefficient (Wildman–Crippen LogP) is 3.17. The number of ether oxygens (including phenoxy) is 1. The summed E-state index contributed by atoms with van der Waals surface area (Å²) in [6.45, 7) is 4.35. The van der Waals surface area contributed by atoms with Crippen molar-refractivity contribution in [3.05, 3.63) is 64.7 Å². The van der Waals surface area contributed by atoms with Crippen LogP contribution in [-0.2, 0) is 11.3 Å². The van der Waals surface area contributed by atoms with Crippen LogP contribution in [0.5, 0.6) is 5.75 Å². The van der Waals surface area contributed by atoms with Crippen molar-refractivity contribution in [1.82, 2.24) is 10.2 Å². The molecule has 2 N–H and O–H groups in total. The number of aryl methyl sites for hydroxylation is 1. The first-order valence-electron chi connectivity index (χ1n) is 9.58. The molecule has 1 saturated heterocycles. The molecule has 0 unspecified atom stereocenters. The Hall–Kier alpha value is -2.08. The normalized spacial score (nSPS) is 16.5. The number of likely N-dealkylation sites (tertiary alicyclic amines) is 1. The number of hydrogen-bond donors (Lipinski definition) is 2. The Balaban J connectivity index is 1.41. The Kier molecular flexibility index (Phi) is 6.94. The number of nitrogens with zero attached hydrogens (tertiary/aromatic N) is 1. The van der Waals surface area contributed by atoms with Gasteiger partial charge in [-0.3, -0.25) is 9.69 Å². The van der Waals surface area contributed by atoms with Crippen molar-refractivity contribution >= 4 is 17.5 Å². The quantitative estimate of drug-likeness (QED) is 0.746. The van der Waals surface area contributed by atoms with Gasteiger partial charge in [0, 0.05) is 19.6 Å². The van der Waals surface area contributed by atoms with Gasteiger partial charge in [-0.2, -0.15) is 0 Å². The molecule has 0 bridgehead atoms. The summed E-state index contributed by atoms with van der Waals surface area (Å²) < 4.78 is 5.78. The summed E-state index contributed by atoms with van der Waals surface area (Å²) in [6.07, 6.45) is 1.12. The van der Waals surface area contributed by atoms with Crippen LogP contribution in [0.2, 0.25) is 5.02 Å². The summed E-state index contributed by atoms with van der Waals surface area (Å²) in [5, 5.41) is 14.3. The van der Waals surface area contributed by atoms with E-state index < -0.39 is 5.60 Å². The third-order valence-corrected chi connectivity index (χ3v) is 5.38. The second-order valence-corrected chi connectivity index (χ2v) is 7.89. The molecule has 1 amide bonds. The Morgan fingerprint density at radius 1 is 1.21 bits per heavy atom. The fourth-order valence-electron chi connectivity index (χ4n) is 3.26. The van der Waals surface area contributed by atoms with Crippen molar-refractivity contribution < 1.29 is 14.6 Å². The van der Waals surface area contributed by atoms with E-state index in [1.807, 2.05) is 49.4 Å². The third kappa shape index (κ3) is 5.96.